The van der Waals surface area contributed by atoms with Crippen LogP contribution >= 0.6 is 0 Å². The molecule has 1 aromatic rings. The van der Waals surface area contributed by atoms with Crippen LogP contribution in [0.1, 0.15) is 32.3 Å². The molecule has 0 radical (unpaired) electrons. The Morgan fingerprint density at radius 1 is 1.27 bits per heavy atom. The Kier molecular flexibility index (Phi) is 3.08. The van der Waals surface area contributed by atoms with Crippen molar-refractivity contribution < 1.29 is 12.8 Å². The van der Waals surface area contributed by atoms with Gasteiger partial charge in [-0.15, -0.1) is 0 Å². The minimum absolute atomic E-state index is 0.0106. The third-order valence-electron chi connectivity index (χ3n) is 4.92. The number of halogens is 1. The first-order chi connectivity index (χ1) is 10.1. The predicted molar refractivity (Wildman–Crippen MR) is 84.7 cm³/mol. The summed E-state index contributed by atoms with van der Waals surface area (Å²) in [6, 6.07) is 4.09. The van der Waals surface area contributed by atoms with Crippen molar-refractivity contribution in [2.75, 3.05) is 11.5 Å². The molecule has 1 aliphatic carbocycles. The van der Waals surface area contributed by atoms with Crippen molar-refractivity contribution in [2.24, 2.45) is 16.6 Å². The van der Waals surface area contributed by atoms with E-state index in [2.05, 4.69) is 4.99 Å². The number of anilines is 1. The summed E-state index contributed by atoms with van der Waals surface area (Å²) < 4.78 is 38.8. The van der Waals surface area contributed by atoms with Crippen molar-refractivity contribution in [2.45, 2.75) is 37.0 Å². The molecule has 2 aliphatic rings. The Balaban J connectivity index is 2.18. The maximum Gasteiger partial charge on any atom is 0.165 e. The number of sulfone groups is 1. The van der Waals surface area contributed by atoms with Gasteiger partial charge in [-0.2, -0.15) is 0 Å². The van der Waals surface area contributed by atoms with E-state index >= 15 is 0 Å². The first kappa shape index (κ1) is 15.3. The summed E-state index contributed by atoms with van der Waals surface area (Å²) in [4.78, 5) is 4.42. The fourth-order valence-electron chi connectivity index (χ4n) is 3.28. The van der Waals surface area contributed by atoms with Crippen LogP contribution in [0.25, 0.3) is 0 Å². The van der Waals surface area contributed by atoms with Crippen molar-refractivity contribution in [3.8, 4) is 0 Å². The van der Waals surface area contributed by atoms with E-state index in [0.29, 0.717) is 5.69 Å². The zero-order chi connectivity index (χ0) is 16.3. The first-order valence-electron chi connectivity index (χ1n) is 7.24. The molecule has 22 heavy (non-hydrogen) atoms. The number of amidine groups is 1. The van der Waals surface area contributed by atoms with E-state index in [0.717, 1.165) is 12.8 Å². The second-order valence-corrected chi connectivity index (χ2v) is 9.02. The lowest BCUT2D eigenvalue weighted by Gasteiger charge is -2.40. The van der Waals surface area contributed by atoms with Crippen LogP contribution < -0.4 is 11.5 Å². The topological polar surface area (TPSA) is 98.5 Å². The highest BCUT2D eigenvalue weighted by molar-refractivity contribution is 7.93. The second kappa shape index (κ2) is 4.44. The molecule has 4 N–H and O–H groups in total. The number of nitrogens with two attached hydrogens (primary N) is 2. The quantitative estimate of drug-likeness (QED) is 0.806. The lowest BCUT2D eigenvalue weighted by atomic mass is 9.92. The lowest BCUT2D eigenvalue weighted by molar-refractivity contribution is 0.463. The van der Waals surface area contributed by atoms with Gasteiger partial charge in [0.1, 0.15) is 21.9 Å². The SMILES string of the molecule is C[C@@]1(c2cc(N)ccc2F)CS(=O)(=O)[C@@](C)(C2CC2)C(N)=N1. The monoisotopic (exact) mass is 325 g/mol. The number of hydrogen-bond donors (Lipinski definition) is 2. The zero-order valence-electron chi connectivity index (χ0n) is 12.6. The molecule has 0 spiro atoms. The van der Waals surface area contributed by atoms with Crippen molar-refractivity contribution in [3.05, 3.63) is 29.6 Å². The van der Waals surface area contributed by atoms with Crippen LogP contribution in [0.4, 0.5) is 10.1 Å². The summed E-state index contributed by atoms with van der Waals surface area (Å²) in [5, 5.41) is 0. The fourth-order valence-corrected chi connectivity index (χ4v) is 5.65. The predicted octanol–water partition coefficient (Wildman–Crippen LogP) is 1.58. The Bertz CT molecular complexity index is 773. The standard InChI is InChI=1S/C15H20FN3O2S/c1-14(11-7-10(17)5-6-12(11)16)8-22(20,21)15(2,9-3-4-9)13(18)19-14/h5-7,9H,3-4,8,17H2,1-2H3,(H2,18,19)/t14-,15-/m0/s1. The molecule has 0 bridgehead atoms. The van der Waals surface area contributed by atoms with Gasteiger partial charge in [0.05, 0.1) is 5.75 Å². The average molecular weight is 325 g/mol. The summed E-state index contributed by atoms with van der Waals surface area (Å²) in [6.45, 7) is 3.22. The van der Waals surface area contributed by atoms with Crippen LogP contribution in [-0.4, -0.2) is 24.8 Å². The van der Waals surface area contributed by atoms with Gasteiger partial charge in [-0.3, -0.25) is 4.99 Å². The smallest absolute Gasteiger partial charge is 0.165 e. The maximum atomic E-state index is 14.2. The van der Waals surface area contributed by atoms with Crippen molar-refractivity contribution in [1.82, 2.24) is 0 Å². The van der Waals surface area contributed by atoms with E-state index in [-0.39, 0.29) is 23.1 Å². The third kappa shape index (κ3) is 2.02. The molecule has 0 unspecified atom stereocenters. The minimum atomic E-state index is -3.56. The number of nitrogens with zero attached hydrogens (tertiary/aromatic N) is 1. The van der Waals surface area contributed by atoms with Gasteiger partial charge in [0.15, 0.2) is 9.84 Å². The minimum Gasteiger partial charge on any atom is -0.399 e. The Hall–Kier alpha value is -1.63. The second-order valence-electron chi connectivity index (χ2n) is 6.65. The van der Waals surface area contributed by atoms with Crippen LogP contribution in [0.15, 0.2) is 23.2 Å². The van der Waals surface area contributed by atoms with Crippen LogP contribution in [0, 0.1) is 11.7 Å². The van der Waals surface area contributed by atoms with Crippen LogP contribution in [0.3, 0.4) is 0 Å². The number of benzene rings is 1. The zero-order valence-corrected chi connectivity index (χ0v) is 13.5. The van der Waals surface area contributed by atoms with Gasteiger partial charge in [0.25, 0.3) is 0 Å². The molecule has 1 heterocycles. The summed E-state index contributed by atoms with van der Waals surface area (Å²) in [7, 11) is -3.56. The number of rotatable bonds is 2. The van der Waals surface area contributed by atoms with E-state index in [9.17, 15) is 12.8 Å². The molecule has 7 heteroatoms. The highest BCUT2D eigenvalue weighted by Gasteiger charge is 2.58. The summed E-state index contributed by atoms with van der Waals surface area (Å²) in [5.74, 6) is -0.714. The Labute approximate surface area is 129 Å². The average Bonchev–Trinajstić information content (AvgIpc) is 3.22. The lowest BCUT2D eigenvalue weighted by Crippen LogP contribution is -2.58. The van der Waals surface area contributed by atoms with E-state index in [1.54, 1.807) is 13.8 Å². The first-order valence-corrected chi connectivity index (χ1v) is 8.89. The van der Waals surface area contributed by atoms with Crippen molar-refractivity contribution in [3.63, 3.8) is 0 Å². The van der Waals surface area contributed by atoms with E-state index in [4.69, 9.17) is 11.5 Å². The van der Waals surface area contributed by atoms with Gasteiger partial charge in [0, 0.05) is 11.3 Å². The van der Waals surface area contributed by atoms with Crippen molar-refractivity contribution in [1.29, 1.82) is 0 Å². The van der Waals surface area contributed by atoms with Crippen LogP contribution in [0.5, 0.6) is 0 Å². The van der Waals surface area contributed by atoms with Gasteiger partial charge in [0.2, 0.25) is 0 Å². The molecule has 0 aromatic heterocycles. The molecule has 1 saturated carbocycles. The molecular formula is C15H20FN3O2S. The van der Waals surface area contributed by atoms with Crippen molar-refractivity contribution >= 4 is 21.4 Å². The van der Waals surface area contributed by atoms with Crippen LogP contribution in [-0.2, 0) is 15.4 Å². The largest absolute Gasteiger partial charge is 0.399 e. The summed E-state index contributed by atoms with van der Waals surface area (Å²) >= 11 is 0. The Morgan fingerprint density at radius 3 is 2.45 bits per heavy atom. The third-order valence-corrected chi connectivity index (χ3v) is 7.70. The number of aliphatic imine (C=N–C) groups is 1. The maximum absolute atomic E-state index is 14.2. The molecular weight excluding hydrogens is 305 g/mol. The van der Waals surface area contributed by atoms with E-state index in [1.165, 1.54) is 18.2 Å². The van der Waals surface area contributed by atoms with Gasteiger partial charge < -0.3 is 11.5 Å². The molecule has 0 amide bonds. The van der Waals surface area contributed by atoms with E-state index in [1.807, 2.05) is 0 Å². The highest BCUT2D eigenvalue weighted by atomic mass is 32.2. The Morgan fingerprint density at radius 2 is 1.91 bits per heavy atom. The van der Waals surface area contributed by atoms with E-state index < -0.39 is 25.9 Å². The highest BCUT2D eigenvalue weighted by Crippen LogP contribution is 2.49. The van der Waals surface area contributed by atoms with Crippen LogP contribution in [0.2, 0.25) is 0 Å². The molecule has 3 rings (SSSR count). The summed E-state index contributed by atoms with van der Waals surface area (Å²) in [6.07, 6.45) is 1.66. The van der Waals surface area contributed by atoms with Gasteiger partial charge in [-0.05, 0) is 50.8 Å². The molecule has 1 aliphatic heterocycles. The molecule has 2 atom stereocenters. The number of hydrogen-bond acceptors (Lipinski definition) is 5. The molecule has 0 saturated heterocycles. The molecule has 120 valence electrons. The summed E-state index contributed by atoms with van der Waals surface area (Å²) in [5.41, 5.74) is 11.0. The molecule has 1 fully saturated rings. The normalized spacial score (nSPS) is 34.2. The fraction of sp³-hybridized carbons (Fsp3) is 0.533. The van der Waals surface area contributed by atoms with Gasteiger partial charge in [-0.25, -0.2) is 12.8 Å². The van der Waals surface area contributed by atoms with Gasteiger partial charge >= 0.3 is 0 Å². The molecule has 5 nitrogen and oxygen atoms in total. The number of nitrogen functional groups attached to an aromatic ring is 1. The molecule has 1 aromatic carbocycles. The van der Waals surface area contributed by atoms with Gasteiger partial charge in [-0.1, -0.05) is 0 Å².